The van der Waals surface area contributed by atoms with Gasteiger partial charge in [-0.1, -0.05) is 27.2 Å². The van der Waals surface area contributed by atoms with Crippen LogP contribution in [0.1, 0.15) is 33.6 Å². The average molecular weight is 174 g/mol. The van der Waals surface area contributed by atoms with Crippen LogP contribution in [-0.4, -0.2) is 18.9 Å². The van der Waals surface area contributed by atoms with Gasteiger partial charge in [-0.05, 0) is 13.0 Å². The van der Waals surface area contributed by atoms with E-state index in [0.29, 0.717) is 0 Å². The zero-order valence-electron chi connectivity index (χ0n) is 8.47. The molecule has 3 nitrogen and oxygen atoms in total. The van der Waals surface area contributed by atoms with Gasteiger partial charge in [-0.2, -0.15) is 0 Å². The standard InChI is InChI=1S/C5H11NO.C4H11N/c1-4(2)5(7)3-6;1-2-3-4-5/h4H,3,6H2,1-2H3;2-5H2,1H3. The Morgan fingerprint density at radius 2 is 1.83 bits per heavy atom. The van der Waals surface area contributed by atoms with E-state index in [1.807, 2.05) is 13.8 Å². The quantitative estimate of drug-likeness (QED) is 0.665. The molecule has 0 saturated heterocycles. The maximum atomic E-state index is 10.4. The zero-order chi connectivity index (χ0) is 9.98. The molecule has 0 aliphatic heterocycles. The number of ketones is 1. The molecule has 0 aromatic rings. The van der Waals surface area contributed by atoms with E-state index in [1.54, 1.807) is 0 Å². The summed E-state index contributed by atoms with van der Waals surface area (Å²) in [6.07, 6.45) is 2.39. The van der Waals surface area contributed by atoms with E-state index in [2.05, 4.69) is 6.92 Å². The van der Waals surface area contributed by atoms with E-state index in [4.69, 9.17) is 11.5 Å². The Labute approximate surface area is 75.5 Å². The van der Waals surface area contributed by atoms with Gasteiger partial charge in [0.2, 0.25) is 0 Å². The van der Waals surface area contributed by atoms with Crippen molar-refractivity contribution < 1.29 is 4.79 Å². The second kappa shape index (κ2) is 10.6. The van der Waals surface area contributed by atoms with Crippen molar-refractivity contribution in [3.8, 4) is 0 Å². The fraction of sp³-hybridized carbons (Fsp3) is 0.889. The normalized spacial score (nSPS) is 9.17. The van der Waals surface area contributed by atoms with Crippen LogP contribution in [0, 0.1) is 5.92 Å². The van der Waals surface area contributed by atoms with Gasteiger partial charge in [0, 0.05) is 5.92 Å². The molecule has 74 valence electrons. The monoisotopic (exact) mass is 174 g/mol. The lowest BCUT2D eigenvalue weighted by Gasteiger charge is -1.96. The highest BCUT2D eigenvalue weighted by Gasteiger charge is 2.01. The van der Waals surface area contributed by atoms with Crippen molar-refractivity contribution in [2.45, 2.75) is 33.6 Å². The Balaban J connectivity index is 0. The highest BCUT2D eigenvalue weighted by atomic mass is 16.1. The van der Waals surface area contributed by atoms with E-state index in [9.17, 15) is 4.79 Å². The molecule has 0 radical (unpaired) electrons. The van der Waals surface area contributed by atoms with E-state index in [-0.39, 0.29) is 18.2 Å². The number of unbranched alkanes of at least 4 members (excludes halogenated alkanes) is 1. The third-order valence-electron chi connectivity index (χ3n) is 1.40. The Hall–Kier alpha value is -0.410. The first kappa shape index (κ1) is 14.1. The molecule has 3 heteroatoms. The average Bonchev–Trinajstić information content (AvgIpc) is 2.05. The first-order valence-corrected chi connectivity index (χ1v) is 4.52. The van der Waals surface area contributed by atoms with Gasteiger partial charge in [0.25, 0.3) is 0 Å². The lowest BCUT2D eigenvalue weighted by molar-refractivity contribution is -0.120. The summed E-state index contributed by atoms with van der Waals surface area (Å²) in [5.74, 6) is 0.227. The molecule has 0 aromatic carbocycles. The van der Waals surface area contributed by atoms with Gasteiger partial charge in [0.15, 0.2) is 0 Å². The van der Waals surface area contributed by atoms with Crippen molar-refractivity contribution in [2.24, 2.45) is 17.4 Å². The third kappa shape index (κ3) is 12.3. The van der Waals surface area contributed by atoms with Crippen molar-refractivity contribution in [1.29, 1.82) is 0 Å². The highest BCUT2D eigenvalue weighted by Crippen LogP contribution is 1.89. The maximum absolute atomic E-state index is 10.4. The molecule has 0 atom stereocenters. The molecule has 0 fully saturated rings. The van der Waals surface area contributed by atoms with Crippen LogP contribution in [0.15, 0.2) is 0 Å². The van der Waals surface area contributed by atoms with Gasteiger partial charge in [0.1, 0.15) is 5.78 Å². The topological polar surface area (TPSA) is 69.1 Å². The van der Waals surface area contributed by atoms with Crippen LogP contribution in [0.3, 0.4) is 0 Å². The summed E-state index contributed by atoms with van der Waals surface area (Å²) in [4.78, 5) is 10.4. The van der Waals surface area contributed by atoms with Gasteiger partial charge in [-0.3, -0.25) is 4.79 Å². The number of hydrogen-bond donors (Lipinski definition) is 2. The number of Topliss-reactive ketones (excluding diaryl/α,β-unsaturated/α-hetero) is 1. The van der Waals surface area contributed by atoms with E-state index < -0.39 is 0 Å². The Morgan fingerprint density at radius 3 is 1.83 bits per heavy atom. The van der Waals surface area contributed by atoms with E-state index >= 15 is 0 Å². The minimum absolute atomic E-state index is 0.102. The van der Waals surface area contributed by atoms with Crippen molar-refractivity contribution >= 4 is 5.78 Å². The van der Waals surface area contributed by atoms with Crippen molar-refractivity contribution in [3.05, 3.63) is 0 Å². The van der Waals surface area contributed by atoms with Gasteiger partial charge in [0.05, 0.1) is 6.54 Å². The second-order valence-corrected chi connectivity index (χ2v) is 2.97. The molecule has 0 aliphatic carbocycles. The van der Waals surface area contributed by atoms with Crippen LogP contribution in [0.2, 0.25) is 0 Å². The molecule has 0 spiro atoms. The Bertz CT molecular complexity index is 101. The lowest BCUT2D eigenvalue weighted by Crippen LogP contribution is -2.18. The molecule has 0 heterocycles. The summed E-state index contributed by atoms with van der Waals surface area (Å²) in [6, 6.07) is 0. The molecule has 12 heavy (non-hydrogen) atoms. The Morgan fingerprint density at radius 1 is 1.33 bits per heavy atom. The molecule has 0 aromatic heterocycles. The second-order valence-electron chi connectivity index (χ2n) is 2.97. The van der Waals surface area contributed by atoms with Crippen LogP contribution in [0.4, 0.5) is 0 Å². The molecule has 0 rings (SSSR count). The molecular weight excluding hydrogens is 152 g/mol. The number of nitrogens with two attached hydrogens (primary N) is 2. The third-order valence-corrected chi connectivity index (χ3v) is 1.40. The number of rotatable bonds is 4. The Kier molecular flexibility index (Phi) is 12.5. The van der Waals surface area contributed by atoms with Gasteiger partial charge < -0.3 is 11.5 Å². The maximum Gasteiger partial charge on any atom is 0.148 e. The van der Waals surface area contributed by atoms with Crippen molar-refractivity contribution in [1.82, 2.24) is 0 Å². The zero-order valence-corrected chi connectivity index (χ0v) is 8.47. The number of carbonyl (C=O) groups excluding carboxylic acids is 1. The van der Waals surface area contributed by atoms with Crippen LogP contribution in [-0.2, 0) is 4.79 Å². The minimum atomic E-state index is 0.102. The predicted octanol–water partition coefficient (Wildman–Crippen LogP) is 0.915. The van der Waals surface area contributed by atoms with Crippen LogP contribution >= 0.6 is 0 Å². The summed E-state index contributed by atoms with van der Waals surface area (Å²) >= 11 is 0. The molecule has 4 N–H and O–H groups in total. The van der Waals surface area contributed by atoms with E-state index in [1.165, 1.54) is 12.8 Å². The fourth-order valence-electron chi connectivity index (χ4n) is 0.440. The molecule has 0 bridgehead atoms. The molecular formula is C9H22N2O. The fourth-order valence-corrected chi connectivity index (χ4v) is 0.440. The number of carbonyl (C=O) groups is 1. The smallest absolute Gasteiger partial charge is 0.148 e. The predicted molar refractivity (Wildman–Crippen MR) is 52.9 cm³/mol. The SMILES string of the molecule is CC(C)C(=O)CN.CCCCN. The van der Waals surface area contributed by atoms with Crippen LogP contribution < -0.4 is 11.5 Å². The summed E-state index contributed by atoms with van der Waals surface area (Å²) < 4.78 is 0. The van der Waals surface area contributed by atoms with Crippen LogP contribution in [0.25, 0.3) is 0 Å². The summed E-state index contributed by atoms with van der Waals surface area (Å²) in [5.41, 5.74) is 10.2. The largest absolute Gasteiger partial charge is 0.330 e. The lowest BCUT2D eigenvalue weighted by atomic mass is 10.1. The molecule has 0 saturated carbocycles. The summed E-state index contributed by atoms with van der Waals surface area (Å²) in [7, 11) is 0. The van der Waals surface area contributed by atoms with Crippen LogP contribution in [0.5, 0.6) is 0 Å². The molecule has 0 aliphatic rings. The first-order valence-electron chi connectivity index (χ1n) is 4.52. The minimum Gasteiger partial charge on any atom is -0.330 e. The van der Waals surface area contributed by atoms with Gasteiger partial charge in [-0.15, -0.1) is 0 Å². The highest BCUT2D eigenvalue weighted by molar-refractivity contribution is 5.81. The molecule has 0 amide bonds. The summed E-state index contributed by atoms with van der Waals surface area (Å²) in [6.45, 7) is 6.84. The first-order chi connectivity index (χ1) is 5.59. The van der Waals surface area contributed by atoms with Crippen molar-refractivity contribution in [3.63, 3.8) is 0 Å². The van der Waals surface area contributed by atoms with Gasteiger partial charge >= 0.3 is 0 Å². The van der Waals surface area contributed by atoms with Crippen molar-refractivity contribution in [2.75, 3.05) is 13.1 Å². The molecule has 0 unspecified atom stereocenters. The number of hydrogen-bond acceptors (Lipinski definition) is 3. The van der Waals surface area contributed by atoms with Gasteiger partial charge in [-0.25, -0.2) is 0 Å². The summed E-state index contributed by atoms with van der Waals surface area (Å²) in [5, 5.41) is 0. The van der Waals surface area contributed by atoms with E-state index in [0.717, 1.165) is 6.54 Å².